The summed E-state index contributed by atoms with van der Waals surface area (Å²) in [4.78, 5) is 30.4. The number of hydrogen-bond donors (Lipinski definition) is 1. The molecule has 158 valence electrons. The zero-order valence-corrected chi connectivity index (χ0v) is 19.3. The molecule has 9 heteroatoms. The molecule has 0 saturated carbocycles. The van der Waals surface area contributed by atoms with E-state index in [1.165, 1.54) is 4.90 Å². The molecule has 1 aromatic heterocycles. The Bertz CT molecular complexity index is 1100. The van der Waals surface area contributed by atoms with Crippen molar-refractivity contribution in [2.75, 3.05) is 10.2 Å². The number of amides is 2. The normalized spacial score (nSPS) is 16.1. The number of carbonyl (C=O) groups excluding carboxylic acids is 2. The van der Waals surface area contributed by atoms with Gasteiger partial charge in [0.15, 0.2) is 5.11 Å². The lowest BCUT2D eigenvalue weighted by atomic mass is 10.1. The van der Waals surface area contributed by atoms with Gasteiger partial charge in [-0.25, -0.2) is 0 Å². The molecule has 5 nitrogen and oxygen atoms in total. The Kier molecular flexibility index (Phi) is 6.57. The summed E-state index contributed by atoms with van der Waals surface area (Å²) in [5.41, 5.74) is 1.23. The van der Waals surface area contributed by atoms with Gasteiger partial charge in [-0.05, 0) is 72.2 Å². The highest BCUT2D eigenvalue weighted by atomic mass is 35.5. The third-order valence-corrected chi connectivity index (χ3v) is 6.60. The van der Waals surface area contributed by atoms with Crippen molar-refractivity contribution in [3.8, 4) is 0 Å². The van der Waals surface area contributed by atoms with Crippen LogP contribution < -0.4 is 10.2 Å². The van der Waals surface area contributed by atoms with Crippen LogP contribution in [-0.4, -0.2) is 27.9 Å². The lowest BCUT2D eigenvalue weighted by Gasteiger charge is -2.23. The molecule has 3 aromatic rings. The molecule has 1 saturated heterocycles. The smallest absolute Gasteiger partial charge is 0.256 e. The fourth-order valence-electron chi connectivity index (χ4n) is 3.33. The minimum absolute atomic E-state index is 0.0307. The number of rotatable bonds is 6. The minimum atomic E-state index is -0.711. The zero-order valence-electron chi connectivity index (χ0n) is 16.1. The van der Waals surface area contributed by atoms with Crippen LogP contribution >= 0.6 is 46.8 Å². The van der Waals surface area contributed by atoms with E-state index in [9.17, 15) is 9.59 Å². The van der Waals surface area contributed by atoms with Crippen LogP contribution in [0.25, 0.3) is 0 Å². The van der Waals surface area contributed by atoms with Gasteiger partial charge in [0.25, 0.3) is 5.91 Å². The van der Waals surface area contributed by atoms with Gasteiger partial charge in [0, 0.05) is 20.6 Å². The van der Waals surface area contributed by atoms with Crippen LogP contribution in [0.2, 0.25) is 10.0 Å². The highest BCUT2D eigenvalue weighted by Gasteiger charge is 2.44. The second-order valence-electron chi connectivity index (χ2n) is 6.91. The number of thiophene rings is 1. The van der Waals surface area contributed by atoms with Gasteiger partial charge < -0.3 is 10.2 Å². The number of nitrogens with zero attached hydrogens (tertiary/aromatic N) is 2. The van der Waals surface area contributed by atoms with Gasteiger partial charge in [-0.15, -0.1) is 11.3 Å². The van der Waals surface area contributed by atoms with Crippen LogP contribution in [0, 0.1) is 0 Å². The van der Waals surface area contributed by atoms with Crippen molar-refractivity contribution in [3.63, 3.8) is 0 Å². The predicted molar refractivity (Wildman–Crippen MR) is 130 cm³/mol. The Morgan fingerprint density at radius 3 is 2.29 bits per heavy atom. The average molecular weight is 490 g/mol. The SMILES string of the molecule is O=C(C[C@H]1C(=O)N(c2ccc(Cl)cc2)C(=S)N1Cc1cccs1)Nc1ccc(Cl)cc1. The van der Waals surface area contributed by atoms with E-state index in [1.54, 1.807) is 64.8 Å². The van der Waals surface area contributed by atoms with Crippen LogP contribution in [0.4, 0.5) is 11.4 Å². The second kappa shape index (κ2) is 9.36. The quantitative estimate of drug-likeness (QED) is 0.458. The number of benzene rings is 2. The van der Waals surface area contributed by atoms with Gasteiger partial charge in [0.1, 0.15) is 6.04 Å². The molecule has 2 aromatic carbocycles. The van der Waals surface area contributed by atoms with Gasteiger partial charge in [0.05, 0.1) is 18.7 Å². The van der Waals surface area contributed by atoms with Gasteiger partial charge in [-0.1, -0.05) is 29.3 Å². The molecule has 0 spiro atoms. The van der Waals surface area contributed by atoms with Crippen LogP contribution in [0.15, 0.2) is 66.0 Å². The number of carbonyl (C=O) groups is 2. The standard InChI is InChI=1S/C22H17Cl2N3O2S2/c23-14-3-7-16(8-4-14)25-20(28)12-19-21(29)27(17-9-5-15(24)6-10-17)22(30)26(19)13-18-2-1-11-31-18/h1-11,19H,12-13H2,(H,25,28)/t19-/m0/s1. The maximum Gasteiger partial charge on any atom is 0.256 e. The van der Waals surface area contributed by atoms with Crippen molar-refractivity contribution in [1.29, 1.82) is 0 Å². The average Bonchev–Trinajstić information content (AvgIpc) is 3.33. The molecule has 0 radical (unpaired) electrons. The fourth-order valence-corrected chi connectivity index (χ4v) is 4.67. The lowest BCUT2D eigenvalue weighted by Crippen LogP contribution is -2.37. The Morgan fingerprint density at radius 2 is 1.68 bits per heavy atom. The summed E-state index contributed by atoms with van der Waals surface area (Å²) in [5.74, 6) is -0.521. The Hall–Kier alpha value is -2.45. The van der Waals surface area contributed by atoms with Crippen LogP contribution in [0.5, 0.6) is 0 Å². The summed E-state index contributed by atoms with van der Waals surface area (Å²) in [7, 11) is 0. The lowest BCUT2D eigenvalue weighted by molar-refractivity contribution is -0.124. The molecule has 0 unspecified atom stereocenters. The summed E-state index contributed by atoms with van der Waals surface area (Å²) >= 11 is 19.1. The Balaban J connectivity index is 1.58. The second-order valence-corrected chi connectivity index (χ2v) is 9.19. The zero-order chi connectivity index (χ0) is 22.0. The molecule has 2 amide bonds. The highest BCUT2D eigenvalue weighted by molar-refractivity contribution is 7.80. The van der Waals surface area contributed by atoms with E-state index in [0.29, 0.717) is 33.1 Å². The summed E-state index contributed by atoms with van der Waals surface area (Å²) in [6.07, 6.45) is -0.0307. The highest BCUT2D eigenvalue weighted by Crippen LogP contribution is 2.30. The predicted octanol–water partition coefficient (Wildman–Crippen LogP) is 5.59. The maximum atomic E-state index is 13.3. The van der Waals surface area contributed by atoms with Crippen molar-refractivity contribution in [1.82, 2.24) is 4.90 Å². The molecule has 1 atom stereocenters. The Labute approximate surface area is 199 Å². The molecule has 0 aliphatic carbocycles. The van der Waals surface area contributed by atoms with Crippen molar-refractivity contribution >= 4 is 75.1 Å². The molecule has 31 heavy (non-hydrogen) atoms. The molecule has 2 heterocycles. The van der Waals surface area contributed by atoms with Crippen LogP contribution in [0.1, 0.15) is 11.3 Å². The van der Waals surface area contributed by atoms with Crippen molar-refractivity contribution < 1.29 is 9.59 Å². The largest absolute Gasteiger partial charge is 0.331 e. The van der Waals surface area contributed by atoms with E-state index >= 15 is 0 Å². The molecule has 0 bridgehead atoms. The van der Waals surface area contributed by atoms with Crippen LogP contribution in [0.3, 0.4) is 0 Å². The van der Waals surface area contributed by atoms with E-state index in [4.69, 9.17) is 35.4 Å². The first-order chi connectivity index (χ1) is 14.9. The maximum absolute atomic E-state index is 13.3. The van der Waals surface area contributed by atoms with E-state index in [-0.39, 0.29) is 18.2 Å². The molecular formula is C22H17Cl2N3O2S2. The monoisotopic (exact) mass is 489 g/mol. The molecule has 1 N–H and O–H groups in total. The van der Waals surface area contributed by atoms with Gasteiger partial charge in [0.2, 0.25) is 5.91 Å². The topological polar surface area (TPSA) is 52.7 Å². The van der Waals surface area contributed by atoms with E-state index < -0.39 is 6.04 Å². The van der Waals surface area contributed by atoms with Crippen molar-refractivity contribution in [3.05, 3.63) is 81.0 Å². The van der Waals surface area contributed by atoms with Gasteiger partial charge in [-0.2, -0.15) is 0 Å². The van der Waals surface area contributed by atoms with Crippen molar-refractivity contribution in [2.24, 2.45) is 0 Å². The van der Waals surface area contributed by atoms with E-state index in [2.05, 4.69) is 5.32 Å². The summed E-state index contributed by atoms with van der Waals surface area (Å²) < 4.78 is 0. The first kappa shape index (κ1) is 21.8. The first-order valence-electron chi connectivity index (χ1n) is 9.40. The van der Waals surface area contributed by atoms with Gasteiger partial charge >= 0.3 is 0 Å². The number of halogens is 2. The summed E-state index contributed by atoms with van der Waals surface area (Å²) in [5, 5.41) is 6.30. The first-order valence-corrected chi connectivity index (χ1v) is 11.4. The summed E-state index contributed by atoms with van der Waals surface area (Å²) in [6, 6.07) is 16.9. The Morgan fingerprint density at radius 1 is 1.03 bits per heavy atom. The van der Waals surface area contributed by atoms with Crippen molar-refractivity contribution in [2.45, 2.75) is 19.0 Å². The minimum Gasteiger partial charge on any atom is -0.331 e. The molecule has 1 aliphatic rings. The van der Waals surface area contributed by atoms with E-state index in [0.717, 1.165) is 4.88 Å². The fraction of sp³-hybridized carbons (Fsp3) is 0.136. The molecule has 1 aliphatic heterocycles. The number of hydrogen-bond acceptors (Lipinski definition) is 4. The molecular weight excluding hydrogens is 473 g/mol. The number of nitrogens with one attached hydrogen (secondary N) is 1. The number of anilines is 2. The van der Waals surface area contributed by atoms with E-state index in [1.807, 2.05) is 17.5 Å². The van der Waals surface area contributed by atoms with Gasteiger partial charge in [-0.3, -0.25) is 14.5 Å². The van der Waals surface area contributed by atoms with Crippen LogP contribution in [-0.2, 0) is 16.1 Å². The number of thiocarbonyl (C=S) groups is 1. The summed E-state index contributed by atoms with van der Waals surface area (Å²) in [6.45, 7) is 0.450. The third kappa shape index (κ3) is 4.91. The molecule has 4 rings (SSSR count). The third-order valence-electron chi connectivity index (χ3n) is 4.82. The molecule has 1 fully saturated rings.